The Hall–Kier alpha value is -1.92. The molecule has 6 nitrogen and oxygen atoms in total. The van der Waals surface area contributed by atoms with Gasteiger partial charge in [-0.25, -0.2) is 0 Å². The van der Waals surface area contributed by atoms with Crippen molar-refractivity contribution in [1.29, 1.82) is 0 Å². The van der Waals surface area contributed by atoms with Crippen LogP contribution in [0.1, 0.15) is 25.8 Å². The van der Waals surface area contributed by atoms with E-state index < -0.39 is 6.10 Å². The Morgan fingerprint density at radius 2 is 1.87 bits per heavy atom. The molecule has 1 aromatic carbocycles. The molecule has 0 amide bonds. The molecule has 126 valence electrons. The molecule has 6 heteroatoms. The number of ether oxygens (including phenoxy) is 4. The van der Waals surface area contributed by atoms with Crippen LogP contribution in [0.25, 0.3) is 0 Å². The number of carbonyl (C=O) groups is 2. The van der Waals surface area contributed by atoms with Crippen molar-refractivity contribution in [3.63, 3.8) is 0 Å². The zero-order chi connectivity index (χ0) is 16.7. The van der Waals surface area contributed by atoms with Gasteiger partial charge < -0.3 is 18.9 Å². The summed E-state index contributed by atoms with van der Waals surface area (Å²) in [6.45, 7) is 3.54. The lowest BCUT2D eigenvalue weighted by Gasteiger charge is -2.35. The summed E-state index contributed by atoms with van der Waals surface area (Å²) in [7, 11) is 0. The van der Waals surface area contributed by atoms with Crippen molar-refractivity contribution in [2.24, 2.45) is 0 Å². The van der Waals surface area contributed by atoms with Crippen molar-refractivity contribution in [1.82, 2.24) is 0 Å². The quantitative estimate of drug-likeness (QED) is 0.745. The molecule has 0 N–H and O–H groups in total. The van der Waals surface area contributed by atoms with E-state index in [1.165, 1.54) is 13.8 Å². The number of rotatable bonds is 6. The Morgan fingerprint density at radius 3 is 2.52 bits per heavy atom. The van der Waals surface area contributed by atoms with Crippen molar-refractivity contribution in [3.05, 3.63) is 35.9 Å². The van der Waals surface area contributed by atoms with Gasteiger partial charge in [0.1, 0.15) is 6.61 Å². The molecule has 2 rings (SSSR count). The van der Waals surface area contributed by atoms with Crippen LogP contribution in [0.4, 0.5) is 0 Å². The molecule has 1 fully saturated rings. The van der Waals surface area contributed by atoms with Crippen LogP contribution in [0.15, 0.2) is 30.3 Å². The average Bonchev–Trinajstić information content (AvgIpc) is 2.53. The van der Waals surface area contributed by atoms with Gasteiger partial charge in [-0.3, -0.25) is 9.59 Å². The van der Waals surface area contributed by atoms with Gasteiger partial charge in [0, 0.05) is 20.3 Å². The predicted octanol–water partition coefficient (Wildman–Crippen LogP) is 1.86. The summed E-state index contributed by atoms with van der Waals surface area (Å²) in [5.74, 6) is -0.720. The Bertz CT molecular complexity index is 515. The number of benzene rings is 1. The lowest BCUT2D eigenvalue weighted by atomic mass is 10.0. The first-order valence-corrected chi connectivity index (χ1v) is 7.62. The fraction of sp³-hybridized carbons (Fsp3) is 0.529. The second kappa shape index (κ2) is 8.64. The molecule has 1 aromatic rings. The van der Waals surface area contributed by atoms with Crippen LogP contribution >= 0.6 is 0 Å². The van der Waals surface area contributed by atoms with E-state index in [1.54, 1.807) is 0 Å². The highest BCUT2D eigenvalue weighted by Gasteiger charge is 2.34. The number of carbonyl (C=O) groups excluding carboxylic acids is 2. The van der Waals surface area contributed by atoms with E-state index in [0.29, 0.717) is 13.0 Å². The maximum Gasteiger partial charge on any atom is 0.303 e. The van der Waals surface area contributed by atoms with Gasteiger partial charge in [0.25, 0.3) is 0 Å². The van der Waals surface area contributed by atoms with Crippen LogP contribution in [0, 0.1) is 0 Å². The lowest BCUT2D eigenvalue weighted by Crippen LogP contribution is -2.46. The maximum atomic E-state index is 11.2. The van der Waals surface area contributed by atoms with E-state index in [2.05, 4.69) is 0 Å². The molecule has 0 unspecified atom stereocenters. The Labute approximate surface area is 135 Å². The molecule has 3 atom stereocenters. The molecule has 1 saturated heterocycles. The molecule has 0 aliphatic carbocycles. The average molecular weight is 322 g/mol. The zero-order valence-corrected chi connectivity index (χ0v) is 13.4. The normalized spacial score (nSPS) is 24.0. The topological polar surface area (TPSA) is 71.1 Å². The minimum atomic E-state index is -0.454. The van der Waals surface area contributed by atoms with Crippen LogP contribution in [0.2, 0.25) is 0 Å². The molecule has 1 aliphatic heterocycles. The van der Waals surface area contributed by atoms with Crippen LogP contribution in [-0.2, 0) is 35.1 Å². The molecule has 0 saturated carbocycles. The molecule has 1 heterocycles. The summed E-state index contributed by atoms with van der Waals surface area (Å²) in [5.41, 5.74) is 1.04. The van der Waals surface area contributed by atoms with Gasteiger partial charge in [0.05, 0.1) is 25.4 Å². The van der Waals surface area contributed by atoms with Gasteiger partial charge in [0.15, 0.2) is 6.10 Å². The van der Waals surface area contributed by atoms with Crippen molar-refractivity contribution in [3.8, 4) is 0 Å². The largest absolute Gasteiger partial charge is 0.463 e. The van der Waals surface area contributed by atoms with E-state index >= 15 is 0 Å². The van der Waals surface area contributed by atoms with E-state index in [1.807, 2.05) is 30.3 Å². The summed E-state index contributed by atoms with van der Waals surface area (Å²) in [5, 5.41) is 0. The monoisotopic (exact) mass is 322 g/mol. The highest BCUT2D eigenvalue weighted by Crippen LogP contribution is 2.22. The molecule has 0 aromatic heterocycles. The molecular weight excluding hydrogens is 300 g/mol. The molecule has 23 heavy (non-hydrogen) atoms. The lowest BCUT2D eigenvalue weighted by molar-refractivity contribution is -0.188. The summed E-state index contributed by atoms with van der Waals surface area (Å²) < 4.78 is 21.8. The Balaban J connectivity index is 1.93. The first-order chi connectivity index (χ1) is 11.0. The fourth-order valence-electron chi connectivity index (χ4n) is 2.42. The van der Waals surface area contributed by atoms with Crippen molar-refractivity contribution in [2.75, 3.05) is 13.2 Å². The molecule has 1 aliphatic rings. The highest BCUT2D eigenvalue weighted by atomic mass is 16.6. The van der Waals surface area contributed by atoms with Crippen LogP contribution < -0.4 is 0 Å². The molecule has 0 spiro atoms. The second-order valence-electron chi connectivity index (χ2n) is 5.48. The summed E-state index contributed by atoms with van der Waals surface area (Å²) in [4.78, 5) is 22.1. The van der Waals surface area contributed by atoms with Crippen molar-refractivity contribution >= 4 is 11.9 Å². The predicted molar refractivity (Wildman–Crippen MR) is 81.6 cm³/mol. The minimum absolute atomic E-state index is 0.174. The van der Waals surface area contributed by atoms with Crippen LogP contribution in [0.5, 0.6) is 0 Å². The SMILES string of the molecule is CC(=O)OC[C@@H]1C[C@H](OCc2ccccc2)[C@H](OC(C)=O)CO1. The second-order valence-corrected chi connectivity index (χ2v) is 5.48. The summed E-state index contributed by atoms with van der Waals surface area (Å²) in [6, 6.07) is 9.76. The van der Waals surface area contributed by atoms with E-state index in [0.717, 1.165) is 5.56 Å². The van der Waals surface area contributed by atoms with Crippen molar-refractivity contribution < 1.29 is 28.5 Å². The fourth-order valence-corrected chi connectivity index (χ4v) is 2.42. The smallest absolute Gasteiger partial charge is 0.303 e. The Kier molecular flexibility index (Phi) is 6.55. The number of hydrogen-bond donors (Lipinski definition) is 0. The van der Waals surface area contributed by atoms with Crippen molar-refractivity contribution in [2.45, 2.75) is 45.2 Å². The van der Waals surface area contributed by atoms with E-state index in [4.69, 9.17) is 18.9 Å². The first kappa shape index (κ1) is 17.4. The van der Waals surface area contributed by atoms with Gasteiger partial charge in [0.2, 0.25) is 0 Å². The van der Waals surface area contributed by atoms with E-state index in [9.17, 15) is 9.59 Å². The van der Waals surface area contributed by atoms with Crippen LogP contribution in [-0.4, -0.2) is 43.5 Å². The third-order valence-electron chi connectivity index (χ3n) is 3.50. The van der Waals surface area contributed by atoms with Crippen LogP contribution in [0.3, 0.4) is 0 Å². The van der Waals surface area contributed by atoms with E-state index in [-0.39, 0.29) is 37.4 Å². The highest BCUT2D eigenvalue weighted by molar-refractivity contribution is 5.66. The molecular formula is C17H22O6. The maximum absolute atomic E-state index is 11.2. The number of esters is 2. The molecule has 0 bridgehead atoms. The minimum Gasteiger partial charge on any atom is -0.463 e. The standard InChI is InChI=1S/C17H22O6/c1-12(18)20-10-15-8-16(17(11-21-15)23-13(2)19)22-9-14-6-4-3-5-7-14/h3-7,15-17H,8-11H2,1-2H3/t15-,16-,17+/m0/s1. The van der Waals surface area contributed by atoms with Gasteiger partial charge >= 0.3 is 11.9 Å². The third-order valence-corrected chi connectivity index (χ3v) is 3.50. The van der Waals surface area contributed by atoms with Gasteiger partial charge in [-0.05, 0) is 5.56 Å². The summed E-state index contributed by atoms with van der Waals surface area (Å²) >= 11 is 0. The van der Waals surface area contributed by atoms with Gasteiger partial charge in [-0.15, -0.1) is 0 Å². The zero-order valence-electron chi connectivity index (χ0n) is 13.4. The molecule has 0 radical (unpaired) electrons. The van der Waals surface area contributed by atoms with Gasteiger partial charge in [-0.1, -0.05) is 30.3 Å². The number of hydrogen-bond acceptors (Lipinski definition) is 6. The Morgan fingerprint density at radius 1 is 1.13 bits per heavy atom. The summed E-state index contributed by atoms with van der Waals surface area (Å²) in [6.07, 6.45) is -0.511. The first-order valence-electron chi connectivity index (χ1n) is 7.62. The third kappa shape index (κ3) is 6.00. The van der Waals surface area contributed by atoms with Gasteiger partial charge in [-0.2, -0.15) is 0 Å².